The van der Waals surface area contributed by atoms with E-state index in [1.807, 2.05) is 0 Å². The van der Waals surface area contributed by atoms with Gasteiger partial charge >= 0.3 is 6.18 Å². The number of aromatic nitrogens is 2. The van der Waals surface area contributed by atoms with Crippen LogP contribution in [0.3, 0.4) is 0 Å². The second-order valence-corrected chi connectivity index (χ2v) is 4.22. The van der Waals surface area contributed by atoms with Crippen molar-refractivity contribution in [3.05, 3.63) is 41.5 Å². The minimum atomic E-state index is -4.54. The van der Waals surface area contributed by atoms with Gasteiger partial charge in [-0.05, 0) is 13.0 Å². The largest absolute Gasteiger partial charge is 0.481 e. The Morgan fingerprint density at radius 1 is 1.17 bits per heavy atom. The lowest BCUT2D eigenvalue weighted by Gasteiger charge is -2.13. The molecule has 0 saturated carbocycles. The van der Waals surface area contributed by atoms with Gasteiger partial charge < -0.3 is 4.74 Å². The van der Waals surface area contributed by atoms with E-state index >= 15 is 0 Å². The Bertz CT molecular complexity index is 563. The first-order valence-corrected chi connectivity index (χ1v) is 5.44. The third-order valence-electron chi connectivity index (χ3n) is 2.97. The van der Waals surface area contributed by atoms with Crippen molar-refractivity contribution in [3.63, 3.8) is 0 Å². The van der Waals surface area contributed by atoms with Crippen LogP contribution in [0.5, 0.6) is 5.75 Å². The molecule has 1 aliphatic carbocycles. The van der Waals surface area contributed by atoms with Crippen LogP contribution < -0.4 is 4.74 Å². The van der Waals surface area contributed by atoms with Crippen LogP contribution in [0.1, 0.15) is 23.1 Å². The number of hydrogen-bond donors (Lipinski definition) is 0. The van der Waals surface area contributed by atoms with E-state index in [1.165, 1.54) is 6.92 Å². The predicted molar refractivity (Wildman–Crippen MR) is 57.2 cm³/mol. The van der Waals surface area contributed by atoms with Gasteiger partial charge in [-0.3, -0.25) is 0 Å². The van der Waals surface area contributed by atoms with Gasteiger partial charge in [0.2, 0.25) is 5.82 Å². The van der Waals surface area contributed by atoms with Crippen LogP contribution in [0, 0.1) is 6.92 Å². The topological polar surface area (TPSA) is 35.0 Å². The lowest BCUT2D eigenvalue weighted by molar-refractivity contribution is -0.145. The second-order valence-electron chi connectivity index (χ2n) is 4.22. The summed E-state index contributed by atoms with van der Waals surface area (Å²) in [7, 11) is 0. The summed E-state index contributed by atoms with van der Waals surface area (Å²) in [6, 6.07) is 0. The van der Waals surface area contributed by atoms with Crippen molar-refractivity contribution < 1.29 is 17.9 Å². The Hall–Kier alpha value is -1.85. The Morgan fingerprint density at radius 3 is 2.61 bits per heavy atom. The summed E-state index contributed by atoms with van der Waals surface area (Å²) in [6.45, 7) is 1.50. The van der Waals surface area contributed by atoms with E-state index in [0.29, 0.717) is 11.4 Å². The van der Waals surface area contributed by atoms with E-state index in [0.717, 1.165) is 0 Å². The molecule has 0 spiro atoms. The monoisotopic (exact) mass is 254 g/mol. The van der Waals surface area contributed by atoms with E-state index in [2.05, 4.69) is 9.97 Å². The van der Waals surface area contributed by atoms with E-state index in [-0.39, 0.29) is 17.7 Å². The quantitative estimate of drug-likeness (QED) is 0.714. The Balaban J connectivity index is 2.13. The van der Waals surface area contributed by atoms with Gasteiger partial charge in [-0.1, -0.05) is 18.2 Å². The van der Waals surface area contributed by atoms with Crippen LogP contribution in [0.25, 0.3) is 0 Å². The van der Waals surface area contributed by atoms with Crippen LogP contribution in [-0.2, 0) is 6.18 Å². The number of rotatable bonds is 0. The zero-order valence-electron chi connectivity index (χ0n) is 9.40. The van der Waals surface area contributed by atoms with Crippen molar-refractivity contribution in [2.45, 2.75) is 25.1 Å². The molecule has 0 N–H and O–H groups in total. The molecule has 2 heterocycles. The first-order chi connectivity index (χ1) is 8.47. The summed E-state index contributed by atoms with van der Waals surface area (Å²) in [6.07, 6.45) is 2.38. The summed E-state index contributed by atoms with van der Waals surface area (Å²) in [5.41, 5.74) is 0.545. The molecule has 0 saturated heterocycles. The molecule has 3 nitrogen and oxygen atoms in total. The van der Waals surface area contributed by atoms with Crippen LogP contribution in [0.2, 0.25) is 0 Å². The number of ether oxygens (including phenoxy) is 1. The molecule has 0 fully saturated rings. The number of hydrogen-bond acceptors (Lipinski definition) is 3. The van der Waals surface area contributed by atoms with Crippen molar-refractivity contribution in [2.24, 2.45) is 0 Å². The highest BCUT2D eigenvalue weighted by molar-refractivity contribution is 5.45. The van der Waals surface area contributed by atoms with Crippen LogP contribution in [-0.4, -0.2) is 16.1 Å². The van der Waals surface area contributed by atoms with Crippen LogP contribution >= 0.6 is 0 Å². The lowest BCUT2D eigenvalue weighted by atomic mass is 9.96. The number of alkyl halides is 3. The van der Waals surface area contributed by atoms with E-state index in [4.69, 9.17) is 4.74 Å². The molecule has 3 rings (SSSR count). The second kappa shape index (κ2) is 3.57. The third kappa shape index (κ3) is 1.60. The highest BCUT2D eigenvalue weighted by Gasteiger charge is 2.41. The minimum absolute atomic E-state index is 0.225. The average Bonchev–Trinajstić information content (AvgIpc) is 2.67. The van der Waals surface area contributed by atoms with Crippen LogP contribution in [0.15, 0.2) is 24.3 Å². The standard InChI is InChI=1S/C12H9F3N2O/c1-6-10-9(17-11(16-6)12(13,14)15)7-4-2-3-5-8(7)18-10/h2-5,7-8H,1H3. The smallest absolute Gasteiger partial charge is 0.451 e. The summed E-state index contributed by atoms with van der Waals surface area (Å²) in [5, 5.41) is 0. The molecule has 2 unspecified atom stereocenters. The number of halogens is 3. The Labute approximate surface area is 101 Å². The molecule has 0 bridgehead atoms. The molecule has 2 aliphatic rings. The maximum Gasteiger partial charge on any atom is 0.451 e. The highest BCUT2D eigenvalue weighted by atomic mass is 19.4. The molecule has 6 heteroatoms. The van der Waals surface area contributed by atoms with Crippen molar-refractivity contribution >= 4 is 0 Å². The Kier molecular flexibility index (Phi) is 2.23. The average molecular weight is 254 g/mol. The fraction of sp³-hybridized carbons (Fsp3) is 0.333. The molecular weight excluding hydrogens is 245 g/mol. The van der Waals surface area contributed by atoms with Gasteiger partial charge in [0.25, 0.3) is 0 Å². The van der Waals surface area contributed by atoms with E-state index in [9.17, 15) is 13.2 Å². The lowest BCUT2D eigenvalue weighted by Crippen LogP contribution is -2.16. The molecule has 0 radical (unpaired) electrons. The summed E-state index contributed by atoms with van der Waals surface area (Å²) < 4.78 is 43.6. The Morgan fingerprint density at radius 2 is 1.89 bits per heavy atom. The third-order valence-corrected chi connectivity index (χ3v) is 2.97. The van der Waals surface area contributed by atoms with E-state index < -0.39 is 12.0 Å². The molecule has 0 amide bonds. The SMILES string of the molecule is Cc1nc(C(F)(F)F)nc2c1OC1C=CC=CC21. The van der Waals surface area contributed by atoms with Crippen molar-refractivity contribution in [2.75, 3.05) is 0 Å². The molecule has 1 aliphatic heterocycles. The van der Waals surface area contributed by atoms with Gasteiger partial charge in [-0.15, -0.1) is 0 Å². The fourth-order valence-electron chi connectivity index (χ4n) is 2.17. The number of allylic oxidation sites excluding steroid dienone is 2. The summed E-state index contributed by atoms with van der Waals surface area (Å²) in [5.74, 6) is -0.993. The van der Waals surface area contributed by atoms with Crippen molar-refractivity contribution in [3.8, 4) is 5.75 Å². The predicted octanol–water partition coefficient (Wildman–Crippen LogP) is 2.77. The maximum absolute atomic E-state index is 12.7. The van der Waals surface area contributed by atoms with Crippen molar-refractivity contribution in [1.29, 1.82) is 0 Å². The van der Waals surface area contributed by atoms with Gasteiger partial charge in [0.05, 0.1) is 17.3 Å². The first kappa shape index (κ1) is 11.3. The zero-order valence-corrected chi connectivity index (χ0v) is 9.40. The molecule has 2 atom stereocenters. The molecular formula is C12H9F3N2O. The summed E-state index contributed by atoms with van der Waals surface area (Å²) in [4.78, 5) is 7.09. The van der Waals surface area contributed by atoms with Crippen LogP contribution in [0.4, 0.5) is 13.2 Å². The highest BCUT2D eigenvalue weighted by Crippen LogP contribution is 2.42. The summed E-state index contributed by atoms with van der Waals surface area (Å²) >= 11 is 0. The maximum atomic E-state index is 12.7. The zero-order chi connectivity index (χ0) is 12.9. The minimum Gasteiger partial charge on any atom is -0.481 e. The molecule has 18 heavy (non-hydrogen) atoms. The number of fused-ring (bicyclic) bond motifs is 3. The fourth-order valence-corrected chi connectivity index (χ4v) is 2.17. The molecule has 1 aromatic heterocycles. The molecule has 94 valence electrons. The normalized spacial score (nSPS) is 24.7. The van der Waals surface area contributed by atoms with Gasteiger partial charge in [0.15, 0.2) is 5.75 Å². The van der Waals surface area contributed by atoms with Gasteiger partial charge in [-0.25, -0.2) is 9.97 Å². The number of aryl methyl sites for hydroxylation is 1. The number of nitrogens with zero attached hydrogens (tertiary/aromatic N) is 2. The van der Waals surface area contributed by atoms with Crippen molar-refractivity contribution in [1.82, 2.24) is 9.97 Å². The van der Waals surface area contributed by atoms with E-state index in [1.54, 1.807) is 24.3 Å². The van der Waals surface area contributed by atoms with Gasteiger partial charge in [-0.2, -0.15) is 13.2 Å². The molecule has 1 aromatic rings. The molecule has 0 aromatic carbocycles. The van der Waals surface area contributed by atoms with Gasteiger partial charge in [0, 0.05) is 0 Å². The van der Waals surface area contributed by atoms with Gasteiger partial charge in [0.1, 0.15) is 6.10 Å². The first-order valence-electron chi connectivity index (χ1n) is 5.44.